The summed E-state index contributed by atoms with van der Waals surface area (Å²) in [5, 5.41) is 17.5. The predicted molar refractivity (Wildman–Crippen MR) is 70.0 cm³/mol. The fourth-order valence-corrected chi connectivity index (χ4v) is 1.50. The van der Waals surface area contributed by atoms with Crippen molar-refractivity contribution in [3.8, 4) is 0 Å². The first kappa shape index (κ1) is 15.4. The molecule has 108 valence electrons. The Kier molecular flexibility index (Phi) is 5.48. The van der Waals surface area contributed by atoms with Gasteiger partial charge >= 0.3 is 11.9 Å². The summed E-state index contributed by atoms with van der Waals surface area (Å²) >= 11 is 0. The zero-order chi connectivity index (χ0) is 15.1. The lowest BCUT2D eigenvalue weighted by atomic mass is 10.1. The minimum absolute atomic E-state index is 0.101. The van der Waals surface area contributed by atoms with E-state index < -0.39 is 23.9 Å². The normalized spacial score (nSPS) is 11.6. The topological polar surface area (TPSA) is 142 Å². The number of carboxylic acids is 2. The standard InChI is InChI=1S/C12H15N3O5/c13-11(18)7-3-1-2-4-8(7)14-15-9(12(19)20)5-6-10(16)17/h1-4,9,14-15H,5-6H2,(H2,13,18)(H,16,17)(H,19,20)/t9-/m0/s1. The molecule has 0 bridgehead atoms. The lowest BCUT2D eigenvalue weighted by Crippen LogP contribution is -2.41. The Morgan fingerprint density at radius 3 is 2.40 bits per heavy atom. The van der Waals surface area contributed by atoms with Crippen molar-refractivity contribution in [3.05, 3.63) is 29.8 Å². The minimum Gasteiger partial charge on any atom is -0.481 e. The molecule has 0 aliphatic heterocycles. The number of carboxylic acid groups (broad SMARTS) is 2. The Labute approximate surface area is 114 Å². The van der Waals surface area contributed by atoms with Crippen molar-refractivity contribution in [3.63, 3.8) is 0 Å². The molecule has 0 spiro atoms. The molecule has 8 nitrogen and oxygen atoms in total. The van der Waals surface area contributed by atoms with Crippen molar-refractivity contribution in [1.29, 1.82) is 0 Å². The highest BCUT2D eigenvalue weighted by Gasteiger charge is 2.18. The molecule has 0 aliphatic carbocycles. The minimum atomic E-state index is -1.20. The number of benzene rings is 1. The van der Waals surface area contributed by atoms with Crippen LogP contribution in [0, 0.1) is 0 Å². The summed E-state index contributed by atoms with van der Waals surface area (Å²) in [4.78, 5) is 32.6. The van der Waals surface area contributed by atoms with E-state index in [1.165, 1.54) is 6.07 Å². The molecule has 6 N–H and O–H groups in total. The number of carbonyl (C=O) groups is 3. The second-order valence-corrected chi connectivity index (χ2v) is 4.00. The molecule has 0 aromatic heterocycles. The van der Waals surface area contributed by atoms with Crippen molar-refractivity contribution < 1.29 is 24.6 Å². The molecule has 1 rings (SSSR count). The number of aliphatic carboxylic acids is 2. The number of nitrogens with two attached hydrogens (primary N) is 1. The van der Waals surface area contributed by atoms with E-state index >= 15 is 0 Å². The third kappa shape index (κ3) is 4.58. The predicted octanol–water partition coefficient (Wildman–Crippen LogP) is 0.0200. The van der Waals surface area contributed by atoms with Crippen LogP contribution >= 0.6 is 0 Å². The Morgan fingerprint density at radius 1 is 1.20 bits per heavy atom. The molecule has 1 atom stereocenters. The third-order valence-corrected chi connectivity index (χ3v) is 2.52. The average Bonchev–Trinajstić information content (AvgIpc) is 2.38. The number of carbonyl (C=O) groups excluding carboxylic acids is 1. The fourth-order valence-electron chi connectivity index (χ4n) is 1.50. The summed E-state index contributed by atoms with van der Waals surface area (Å²) in [5.74, 6) is -2.95. The number of anilines is 1. The molecule has 0 heterocycles. The number of amides is 1. The zero-order valence-corrected chi connectivity index (χ0v) is 10.5. The fraction of sp³-hybridized carbons (Fsp3) is 0.250. The summed E-state index contributed by atoms with van der Waals surface area (Å²) in [7, 11) is 0. The number of nitrogens with one attached hydrogen (secondary N) is 2. The molecule has 0 fully saturated rings. The van der Waals surface area contributed by atoms with E-state index in [0.717, 1.165) is 0 Å². The van der Waals surface area contributed by atoms with Crippen LogP contribution in [-0.4, -0.2) is 34.1 Å². The molecule has 8 heteroatoms. The van der Waals surface area contributed by atoms with Gasteiger partial charge in [-0.15, -0.1) is 0 Å². The van der Waals surface area contributed by atoms with Crippen LogP contribution in [0.2, 0.25) is 0 Å². The molecule has 20 heavy (non-hydrogen) atoms. The van der Waals surface area contributed by atoms with Crippen LogP contribution < -0.4 is 16.6 Å². The van der Waals surface area contributed by atoms with Gasteiger partial charge in [-0.2, -0.15) is 0 Å². The van der Waals surface area contributed by atoms with E-state index in [4.69, 9.17) is 15.9 Å². The largest absolute Gasteiger partial charge is 0.481 e. The lowest BCUT2D eigenvalue weighted by Gasteiger charge is -2.16. The van der Waals surface area contributed by atoms with Gasteiger partial charge in [-0.1, -0.05) is 12.1 Å². The van der Waals surface area contributed by atoms with Crippen molar-refractivity contribution in [2.45, 2.75) is 18.9 Å². The Balaban J connectivity index is 2.70. The number of rotatable bonds is 8. The van der Waals surface area contributed by atoms with Gasteiger partial charge in [-0.3, -0.25) is 14.4 Å². The smallest absolute Gasteiger partial charge is 0.322 e. The summed E-state index contributed by atoms with van der Waals surface area (Å²) < 4.78 is 0. The molecule has 1 aromatic carbocycles. The Hall–Kier alpha value is -2.61. The Bertz CT molecular complexity index is 518. The molecule has 0 aliphatic rings. The number of hydrogen-bond acceptors (Lipinski definition) is 5. The maximum atomic E-state index is 11.2. The number of para-hydroxylation sites is 1. The third-order valence-electron chi connectivity index (χ3n) is 2.52. The highest BCUT2D eigenvalue weighted by Crippen LogP contribution is 2.13. The first-order chi connectivity index (χ1) is 9.41. The summed E-state index contributed by atoms with van der Waals surface area (Å²) in [6.45, 7) is 0. The van der Waals surface area contributed by atoms with Gasteiger partial charge < -0.3 is 21.4 Å². The highest BCUT2D eigenvalue weighted by atomic mass is 16.4. The van der Waals surface area contributed by atoms with Gasteiger partial charge in [0.1, 0.15) is 6.04 Å². The van der Waals surface area contributed by atoms with Crippen LogP contribution in [0.15, 0.2) is 24.3 Å². The second kappa shape index (κ2) is 7.10. The SMILES string of the molecule is NC(=O)c1ccccc1NN[C@@H](CCC(=O)O)C(=O)O. The van der Waals surface area contributed by atoms with Gasteiger partial charge in [0.2, 0.25) is 0 Å². The van der Waals surface area contributed by atoms with Crippen molar-refractivity contribution in [2.24, 2.45) is 5.73 Å². The van der Waals surface area contributed by atoms with Crippen LogP contribution in [-0.2, 0) is 9.59 Å². The first-order valence-electron chi connectivity index (χ1n) is 5.76. The summed E-state index contributed by atoms with van der Waals surface area (Å²) in [6, 6.07) is 5.18. The highest BCUT2D eigenvalue weighted by molar-refractivity contribution is 5.98. The van der Waals surface area contributed by atoms with Gasteiger partial charge in [0, 0.05) is 6.42 Å². The first-order valence-corrected chi connectivity index (χ1v) is 5.76. The van der Waals surface area contributed by atoms with E-state index in [9.17, 15) is 14.4 Å². The zero-order valence-electron chi connectivity index (χ0n) is 10.5. The number of hydrogen-bond donors (Lipinski definition) is 5. The van der Waals surface area contributed by atoms with Crippen LogP contribution in [0.5, 0.6) is 0 Å². The van der Waals surface area contributed by atoms with E-state index in [1.54, 1.807) is 18.2 Å². The second-order valence-electron chi connectivity index (χ2n) is 4.00. The average molecular weight is 281 g/mol. The molecule has 1 aromatic rings. The Morgan fingerprint density at radius 2 is 1.85 bits per heavy atom. The van der Waals surface area contributed by atoms with Crippen molar-refractivity contribution in [1.82, 2.24) is 5.43 Å². The van der Waals surface area contributed by atoms with E-state index in [0.29, 0.717) is 5.69 Å². The van der Waals surface area contributed by atoms with Gasteiger partial charge in [0.15, 0.2) is 0 Å². The summed E-state index contributed by atoms with van der Waals surface area (Å²) in [5.41, 5.74) is 10.7. The van der Waals surface area contributed by atoms with Crippen LogP contribution in [0.1, 0.15) is 23.2 Å². The molecule has 0 radical (unpaired) electrons. The van der Waals surface area contributed by atoms with Crippen LogP contribution in [0.4, 0.5) is 5.69 Å². The quantitative estimate of drug-likeness (QED) is 0.423. The van der Waals surface area contributed by atoms with E-state index in [2.05, 4.69) is 10.9 Å². The van der Waals surface area contributed by atoms with E-state index in [1.807, 2.05) is 0 Å². The lowest BCUT2D eigenvalue weighted by molar-refractivity contribution is -0.140. The van der Waals surface area contributed by atoms with Crippen LogP contribution in [0.25, 0.3) is 0 Å². The molecule has 0 unspecified atom stereocenters. The maximum absolute atomic E-state index is 11.2. The molecular formula is C12H15N3O5. The van der Waals surface area contributed by atoms with Crippen molar-refractivity contribution >= 4 is 23.5 Å². The van der Waals surface area contributed by atoms with Crippen LogP contribution in [0.3, 0.4) is 0 Å². The van der Waals surface area contributed by atoms with E-state index in [-0.39, 0.29) is 18.4 Å². The van der Waals surface area contributed by atoms with Gasteiger partial charge in [-0.25, -0.2) is 5.43 Å². The monoisotopic (exact) mass is 281 g/mol. The van der Waals surface area contributed by atoms with Crippen molar-refractivity contribution in [2.75, 3.05) is 5.43 Å². The molecule has 0 saturated carbocycles. The van der Waals surface area contributed by atoms with Gasteiger partial charge in [0.25, 0.3) is 5.91 Å². The number of primary amides is 1. The maximum Gasteiger partial charge on any atom is 0.322 e. The molecular weight excluding hydrogens is 266 g/mol. The molecule has 0 saturated heterocycles. The number of hydrazine groups is 1. The molecule has 1 amide bonds. The summed E-state index contributed by atoms with van der Waals surface area (Å²) in [6.07, 6.45) is -0.389. The van der Waals surface area contributed by atoms with Gasteiger partial charge in [-0.05, 0) is 18.6 Å². The van der Waals surface area contributed by atoms with Gasteiger partial charge in [0.05, 0.1) is 11.3 Å².